The summed E-state index contributed by atoms with van der Waals surface area (Å²) < 4.78 is 7.92. The highest BCUT2D eigenvalue weighted by Gasteiger charge is 2.36. The average molecular weight is 242 g/mol. The van der Waals surface area contributed by atoms with Crippen LogP contribution in [-0.4, -0.2) is 34.2 Å². The average Bonchev–Trinajstić information content (AvgIpc) is 3.05. The molecule has 2 aromatic rings. The Bertz CT molecular complexity index is 566. The fourth-order valence-corrected chi connectivity index (χ4v) is 2.78. The molecule has 1 saturated heterocycles. The van der Waals surface area contributed by atoms with Gasteiger partial charge in [0.2, 0.25) is 0 Å². The van der Waals surface area contributed by atoms with E-state index in [1.165, 1.54) is 0 Å². The predicted molar refractivity (Wildman–Crippen MR) is 65.9 cm³/mol. The number of nitrogens with one attached hydrogen (secondary N) is 1. The minimum Gasteiger partial charge on any atom is -0.368 e. The Balaban J connectivity index is 1.80. The summed E-state index contributed by atoms with van der Waals surface area (Å²) in [6.07, 6.45) is 0.239. The summed E-state index contributed by atoms with van der Waals surface area (Å²) in [7, 11) is 0. The summed E-state index contributed by atoms with van der Waals surface area (Å²) in [5.74, 6) is 0. The van der Waals surface area contributed by atoms with Crippen LogP contribution in [0.25, 0.3) is 11.3 Å². The number of hydrogen-bond acceptors (Lipinski definition) is 4. The first-order valence-corrected chi connectivity index (χ1v) is 6.25. The molecule has 2 unspecified atom stereocenters. The van der Waals surface area contributed by atoms with Crippen LogP contribution in [0.5, 0.6) is 0 Å². The molecule has 0 spiro atoms. The van der Waals surface area contributed by atoms with Crippen molar-refractivity contribution in [1.29, 1.82) is 0 Å². The lowest BCUT2D eigenvalue weighted by atomic mass is 10.1. The Morgan fingerprint density at radius 1 is 1.22 bits per heavy atom. The zero-order chi connectivity index (χ0) is 11.9. The van der Waals surface area contributed by atoms with Gasteiger partial charge in [0.25, 0.3) is 0 Å². The number of rotatable bonds is 1. The maximum absolute atomic E-state index is 5.89. The van der Waals surface area contributed by atoms with Gasteiger partial charge < -0.3 is 10.1 Å². The van der Waals surface area contributed by atoms with Gasteiger partial charge in [-0.3, -0.25) is 0 Å². The van der Waals surface area contributed by atoms with E-state index in [2.05, 4.69) is 27.8 Å². The number of hydrogen-bond donors (Lipinski definition) is 1. The smallest absolute Gasteiger partial charge is 0.118 e. The largest absolute Gasteiger partial charge is 0.368 e. The van der Waals surface area contributed by atoms with Gasteiger partial charge in [-0.15, -0.1) is 5.10 Å². The summed E-state index contributed by atoms with van der Waals surface area (Å²) in [6.45, 7) is 2.42. The number of nitrogens with zero attached hydrogens (tertiary/aromatic N) is 3. The van der Waals surface area contributed by atoms with E-state index in [9.17, 15) is 0 Å². The molecule has 1 aromatic carbocycles. The molecule has 3 heterocycles. The second-order valence-electron chi connectivity index (χ2n) is 4.77. The van der Waals surface area contributed by atoms with Crippen LogP contribution >= 0.6 is 0 Å². The highest BCUT2D eigenvalue weighted by atomic mass is 16.5. The molecule has 0 saturated carbocycles. The Labute approximate surface area is 105 Å². The summed E-state index contributed by atoms with van der Waals surface area (Å²) in [4.78, 5) is 0. The van der Waals surface area contributed by atoms with Crippen molar-refractivity contribution in [1.82, 2.24) is 20.3 Å². The number of aromatic nitrogens is 3. The minimum absolute atomic E-state index is 0.239. The van der Waals surface area contributed by atoms with Gasteiger partial charge in [-0.1, -0.05) is 35.5 Å². The second kappa shape index (κ2) is 3.90. The normalized spacial score (nSPS) is 25.8. The topological polar surface area (TPSA) is 52.0 Å². The molecular formula is C13H14N4O. The predicted octanol–water partition coefficient (Wildman–Crippen LogP) is 0.988. The van der Waals surface area contributed by atoms with Gasteiger partial charge in [-0.2, -0.15) is 0 Å². The fourth-order valence-electron chi connectivity index (χ4n) is 2.78. The zero-order valence-electron chi connectivity index (χ0n) is 9.91. The zero-order valence-corrected chi connectivity index (χ0v) is 9.91. The Hall–Kier alpha value is -1.72. The Morgan fingerprint density at radius 3 is 3.00 bits per heavy atom. The van der Waals surface area contributed by atoms with E-state index in [0.717, 1.165) is 30.0 Å². The molecule has 0 aliphatic carbocycles. The molecule has 5 heteroatoms. The van der Waals surface area contributed by atoms with Gasteiger partial charge in [-0.25, -0.2) is 4.68 Å². The quantitative estimate of drug-likeness (QED) is 0.810. The lowest BCUT2D eigenvalue weighted by molar-refractivity contribution is -0.00261. The third kappa shape index (κ3) is 1.41. The van der Waals surface area contributed by atoms with Crippen molar-refractivity contribution in [2.24, 2.45) is 0 Å². The van der Waals surface area contributed by atoms with Gasteiger partial charge in [-0.05, 0) is 0 Å². The van der Waals surface area contributed by atoms with Crippen LogP contribution in [0.3, 0.4) is 0 Å². The van der Waals surface area contributed by atoms with Crippen molar-refractivity contribution in [2.45, 2.75) is 18.8 Å². The van der Waals surface area contributed by atoms with Gasteiger partial charge in [0.05, 0.1) is 24.4 Å². The van der Waals surface area contributed by atoms with Crippen molar-refractivity contribution in [2.75, 3.05) is 13.1 Å². The SMILES string of the molecule is c1ccc(-c2nnn3c2COC2CNCC23)cc1. The van der Waals surface area contributed by atoms with Crippen molar-refractivity contribution < 1.29 is 4.74 Å². The minimum atomic E-state index is 0.239. The van der Waals surface area contributed by atoms with E-state index in [-0.39, 0.29) is 6.10 Å². The van der Waals surface area contributed by atoms with Gasteiger partial charge in [0.1, 0.15) is 5.69 Å². The van der Waals surface area contributed by atoms with Crippen LogP contribution in [0.4, 0.5) is 0 Å². The first-order valence-electron chi connectivity index (χ1n) is 6.25. The summed E-state index contributed by atoms with van der Waals surface area (Å²) in [5.41, 5.74) is 3.14. The molecule has 2 atom stereocenters. The van der Waals surface area contributed by atoms with Crippen LogP contribution in [0, 0.1) is 0 Å². The summed E-state index contributed by atoms with van der Waals surface area (Å²) >= 11 is 0. The standard InChI is InChI=1S/C13H14N4O/c1-2-4-9(5-3-1)13-11-8-18-12-7-14-6-10(12)17(11)16-15-13/h1-5,10,12,14H,6-8H2. The van der Waals surface area contributed by atoms with Crippen LogP contribution in [-0.2, 0) is 11.3 Å². The molecule has 0 amide bonds. The van der Waals surface area contributed by atoms with Crippen molar-refractivity contribution in [3.8, 4) is 11.3 Å². The molecule has 0 radical (unpaired) electrons. The molecule has 2 aliphatic heterocycles. The first-order chi connectivity index (χ1) is 8.93. The van der Waals surface area contributed by atoms with E-state index >= 15 is 0 Å². The second-order valence-corrected chi connectivity index (χ2v) is 4.77. The van der Waals surface area contributed by atoms with Crippen molar-refractivity contribution in [3.05, 3.63) is 36.0 Å². The van der Waals surface area contributed by atoms with Crippen molar-refractivity contribution in [3.63, 3.8) is 0 Å². The van der Waals surface area contributed by atoms with Gasteiger partial charge in [0.15, 0.2) is 0 Å². The highest BCUT2D eigenvalue weighted by Crippen LogP contribution is 2.31. The summed E-state index contributed by atoms with van der Waals surface area (Å²) in [6, 6.07) is 10.5. The highest BCUT2D eigenvalue weighted by molar-refractivity contribution is 5.61. The molecule has 92 valence electrons. The molecule has 5 nitrogen and oxygen atoms in total. The van der Waals surface area contributed by atoms with Crippen LogP contribution < -0.4 is 5.32 Å². The van der Waals surface area contributed by atoms with E-state index in [1.807, 2.05) is 22.9 Å². The van der Waals surface area contributed by atoms with Gasteiger partial charge in [0, 0.05) is 18.7 Å². The lowest BCUT2D eigenvalue weighted by Crippen LogP contribution is -2.32. The van der Waals surface area contributed by atoms with E-state index in [1.54, 1.807) is 0 Å². The van der Waals surface area contributed by atoms with E-state index in [0.29, 0.717) is 12.6 Å². The molecule has 2 aliphatic rings. The Kier molecular flexibility index (Phi) is 2.21. The summed E-state index contributed by atoms with van der Waals surface area (Å²) in [5, 5.41) is 12.0. The molecule has 0 bridgehead atoms. The number of fused-ring (bicyclic) bond motifs is 3. The van der Waals surface area contributed by atoms with Crippen LogP contribution in [0.15, 0.2) is 30.3 Å². The van der Waals surface area contributed by atoms with Crippen LogP contribution in [0.1, 0.15) is 11.7 Å². The van der Waals surface area contributed by atoms with Crippen LogP contribution in [0.2, 0.25) is 0 Å². The molecule has 1 fully saturated rings. The lowest BCUT2D eigenvalue weighted by Gasteiger charge is -2.26. The molecule has 1 N–H and O–H groups in total. The fraction of sp³-hybridized carbons (Fsp3) is 0.385. The molecule has 4 rings (SSSR count). The number of benzene rings is 1. The first kappa shape index (κ1) is 10.2. The molecule has 1 aromatic heterocycles. The van der Waals surface area contributed by atoms with E-state index < -0.39 is 0 Å². The van der Waals surface area contributed by atoms with Gasteiger partial charge >= 0.3 is 0 Å². The third-order valence-corrected chi connectivity index (χ3v) is 3.71. The maximum atomic E-state index is 5.89. The molecule has 18 heavy (non-hydrogen) atoms. The third-order valence-electron chi connectivity index (χ3n) is 3.71. The number of ether oxygens (including phenoxy) is 1. The van der Waals surface area contributed by atoms with Crippen molar-refractivity contribution >= 4 is 0 Å². The Morgan fingerprint density at radius 2 is 2.11 bits per heavy atom. The molecular weight excluding hydrogens is 228 g/mol. The van der Waals surface area contributed by atoms with E-state index in [4.69, 9.17) is 4.74 Å². The monoisotopic (exact) mass is 242 g/mol. The maximum Gasteiger partial charge on any atom is 0.118 e.